The van der Waals surface area contributed by atoms with Crippen LogP contribution >= 0.6 is 0 Å². The van der Waals surface area contributed by atoms with Gasteiger partial charge in [0.25, 0.3) is 0 Å². The molecule has 0 bridgehead atoms. The monoisotopic (exact) mass is 267 g/mol. The number of amides is 1. The molecule has 0 fully saturated rings. The van der Waals surface area contributed by atoms with Gasteiger partial charge in [-0.3, -0.25) is 4.79 Å². The molecule has 100 valence electrons. The second-order valence-corrected chi connectivity index (χ2v) is 3.85. The van der Waals surface area contributed by atoms with Gasteiger partial charge in [0.1, 0.15) is 5.76 Å². The summed E-state index contributed by atoms with van der Waals surface area (Å²) in [5.41, 5.74) is 0.311. The van der Waals surface area contributed by atoms with Crippen molar-refractivity contribution in [3.05, 3.63) is 41.7 Å². The van der Waals surface area contributed by atoms with E-state index in [1.807, 2.05) is 0 Å². The molecule has 1 amide bonds. The molecule has 0 aliphatic carbocycles. The van der Waals surface area contributed by atoms with Crippen LogP contribution in [0.4, 0.5) is 20.3 Å². The molecule has 1 heterocycles. The number of rotatable bonds is 4. The lowest BCUT2D eigenvalue weighted by atomic mass is 10.3. The van der Waals surface area contributed by atoms with E-state index in [1.165, 1.54) is 6.07 Å². The van der Waals surface area contributed by atoms with E-state index in [1.54, 1.807) is 13.0 Å². The number of anilines is 2. The molecule has 5 nitrogen and oxygen atoms in total. The summed E-state index contributed by atoms with van der Waals surface area (Å²) in [4.78, 5) is 11.5. The first kappa shape index (κ1) is 13.0. The summed E-state index contributed by atoms with van der Waals surface area (Å²) in [6.45, 7) is 1.60. The van der Waals surface area contributed by atoms with Crippen molar-refractivity contribution in [3.63, 3.8) is 0 Å². The molecule has 0 spiro atoms. The molecule has 0 unspecified atom stereocenters. The number of aryl methyl sites for hydroxylation is 1. The van der Waals surface area contributed by atoms with Gasteiger partial charge in [-0.05, 0) is 19.1 Å². The van der Waals surface area contributed by atoms with Crippen molar-refractivity contribution < 1.29 is 18.1 Å². The highest BCUT2D eigenvalue weighted by Gasteiger charge is 2.07. The Morgan fingerprint density at radius 3 is 2.74 bits per heavy atom. The zero-order chi connectivity index (χ0) is 13.8. The second-order valence-electron chi connectivity index (χ2n) is 3.85. The first-order valence-electron chi connectivity index (χ1n) is 5.46. The number of carbonyl (C=O) groups excluding carboxylic acids is 1. The zero-order valence-corrected chi connectivity index (χ0v) is 10.0. The Hall–Kier alpha value is -2.44. The van der Waals surface area contributed by atoms with Gasteiger partial charge < -0.3 is 15.2 Å². The van der Waals surface area contributed by atoms with E-state index < -0.39 is 11.6 Å². The van der Waals surface area contributed by atoms with Crippen molar-refractivity contribution in [2.24, 2.45) is 0 Å². The van der Waals surface area contributed by atoms with Crippen LogP contribution in [0.3, 0.4) is 0 Å². The third kappa shape index (κ3) is 3.51. The Bertz CT molecular complexity index is 598. The molecule has 2 rings (SSSR count). The van der Waals surface area contributed by atoms with Gasteiger partial charge >= 0.3 is 0 Å². The first-order chi connectivity index (χ1) is 9.04. The lowest BCUT2D eigenvalue weighted by molar-refractivity contribution is -0.114. The summed E-state index contributed by atoms with van der Waals surface area (Å²) in [6.07, 6.45) is 0. The third-order valence-electron chi connectivity index (χ3n) is 2.27. The van der Waals surface area contributed by atoms with Crippen LogP contribution in [0.5, 0.6) is 0 Å². The van der Waals surface area contributed by atoms with Crippen LogP contribution in [0.15, 0.2) is 28.8 Å². The molecule has 0 saturated carbocycles. The lowest BCUT2D eigenvalue weighted by Gasteiger charge is -2.06. The fourth-order valence-electron chi connectivity index (χ4n) is 1.40. The van der Waals surface area contributed by atoms with Gasteiger partial charge in [0.05, 0.1) is 6.54 Å². The molecular weight excluding hydrogens is 256 g/mol. The predicted molar refractivity (Wildman–Crippen MR) is 64.7 cm³/mol. The van der Waals surface area contributed by atoms with E-state index in [0.717, 1.165) is 12.1 Å². The average molecular weight is 267 g/mol. The van der Waals surface area contributed by atoms with Gasteiger partial charge in [0.15, 0.2) is 17.5 Å². The minimum absolute atomic E-state index is 0.100. The fraction of sp³-hybridized carbons (Fsp3) is 0.167. The molecule has 0 atom stereocenters. The largest absolute Gasteiger partial charge is 0.376 e. The first-order valence-corrected chi connectivity index (χ1v) is 5.46. The van der Waals surface area contributed by atoms with Crippen molar-refractivity contribution >= 4 is 17.4 Å². The number of carbonyl (C=O) groups is 1. The van der Waals surface area contributed by atoms with Crippen molar-refractivity contribution in [2.45, 2.75) is 6.92 Å². The van der Waals surface area contributed by atoms with Crippen LogP contribution in [0.2, 0.25) is 0 Å². The number of hydrogen-bond acceptors (Lipinski definition) is 4. The predicted octanol–water partition coefficient (Wildman–Crippen LogP) is 2.31. The molecule has 0 saturated heterocycles. The second kappa shape index (κ2) is 5.47. The van der Waals surface area contributed by atoms with Crippen molar-refractivity contribution in [1.82, 2.24) is 5.16 Å². The number of hydrogen-bond donors (Lipinski definition) is 2. The summed E-state index contributed by atoms with van der Waals surface area (Å²) in [6, 6.07) is 4.86. The smallest absolute Gasteiger partial charge is 0.244 e. The number of halogens is 2. The minimum Gasteiger partial charge on any atom is -0.376 e. The quantitative estimate of drug-likeness (QED) is 0.892. The Morgan fingerprint density at radius 2 is 2.11 bits per heavy atom. The Kier molecular flexibility index (Phi) is 3.74. The van der Waals surface area contributed by atoms with E-state index in [-0.39, 0.29) is 12.5 Å². The average Bonchev–Trinajstić information content (AvgIpc) is 2.76. The van der Waals surface area contributed by atoms with Gasteiger partial charge in [-0.1, -0.05) is 5.16 Å². The minimum atomic E-state index is -0.975. The topological polar surface area (TPSA) is 67.2 Å². The van der Waals surface area contributed by atoms with E-state index in [0.29, 0.717) is 17.3 Å². The molecule has 7 heteroatoms. The summed E-state index contributed by atoms with van der Waals surface area (Å²) < 4.78 is 30.4. The molecule has 1 aromatic carbocycles. The zero-order valence-electron chi connectivity index (χ0n) is 10.0. The summed E-state index contributed by atoms with van der Waals surface area (Å²) >= 11 is 0. The van der Waals surface area contributed by atoms with E-state index in [4.69, 9.17) is 4.52 Å². The lowest BCUT2D eigenvalue weighted by Crippen LogP contribution is -2.21. The number of nitrogens with one attached hydrogen (secondary N) is 2. The molecule has 0 radical (unpaired) electrons. The normalized spacial score (nSPS) is 10.3. The highest BCUT2D eigenvalue weighted by molar-refractivity contribution is 5.92. The van der Waals surface area contributed by atoms with Crippen LogP contribution in [0.1, 0.15) is 5.76 Å². The van der Waals surface area contributed by atoms with Gasteiger partial charge in [-0.2, -0.15) is 0 Å². The summed E-state index contributed by atoms with van der Waals surface area (Å²) in [5, 5.41) is 8.74. The Balaban J connectivity index is 1.88. The van der Waals surface area contributed by atoms with Crippen LogP contribution in [0, 0.1) is 18.6 Å². The van der Waals surface area contributed by atoms with Crippen LogP contribution in [0.25, 0.3) is 0 Å². The summed E-state index contributed by atoms with van der Waals surface area (Å²) in [7, 11) is 0. The maximum Gasteiger partial charge on any atom is 0.244 e. The standard InChI is InChI=1S/C12H11F2N3O2/c1-7-4-11(17-19-7)16-12(18)6-15-8-2-3-9(13)10(14)5-8/h2-5,15H,6H2,1H3,(H,16,17,18). The molecule has 2 aromatic rings. The van der Waals surface area contributed by atoms with Crippen LogP contribution in [-0.4, -0.2) is 17.6 Å². The Labute approximate surface area is 107 Å². The molecule has 1 aromatic heterocycles. The number of nitrogens with zero attached hydrogens (tertiary/aromatic N) is 1. The van der Waals surface area contributed by atoms with E-state index >= 15 is 0 Å². The maximum atomic E-state index is 12.9. The fourth-order valence-corrected chi connectivity index (χ4v) is 1.40. The van der Waals surface area contributed by atoms with Crippen molar-refractivity contribution in [3.8, 4) is 0 Å². The Morgan fingerprint density at radius 1 is 1.32 bits per heavy atom. The highest BCUT2D eigenvalue weighted by Crippen LogP contribution is 2.13. The molecular formula is C12H11F2N3O2. The molecule has 0 aliphatic heterocycles. The van der Waals surface area contributed by atoms with E-state index in [2.05, 4.69) is 15.8 Å². The van der Waals surface area contributed by atoms with Crippen molar-refractivity contribution in [2.75, 3.05) is 17.2 Å². The van der Waals surface area contributed by atoms with Gasteiger partial charge in [0, 0.05) is 17.8 Å². The molecule has 0 aliphatic rings. The van der Waals surface area contributed by atoms with Crippen LogP contribution in [-0.2, 0) is 4.79 Å². The van der Waals surface area contributed by atoms with Crippen LogP contribution < -0.4 is 10.6 Å². The maximum absolute atomic E-state index is 12.9. The number of benzene rings is 1. The van der Waals surface area contributed by atoms with Crippen molar-refractivity contribution in [1.29, 1.82) is 0 Å². The molecule has 19 heavy (non-hydrogen) atoms. The van der Waals surface area contributed by atoms with E-state index in [9.17, 15) is 13.6 Å². The van der Waals surface area contributed by atoms with Gasteiger partial charge in [0.2, 0.25) is 5.91 Å². The van der Waals surface area contributed by atoms with Gasteiger partial charge in [-0.25, -0.2) is 8.78 Å². The number of aromatic nitrogens is 1. The molecule has 2 N–H and O–H groups in total. The SMILES string of the molecule is Cc1cc(NC(=O)CNc2ccc(F)c(F)c2)no1. The highest BCUT2D eigenvalue weighted by atomic mass is 19.2. The van der Waals surface area contributed by atoms with Gasteiger partial charge in [-0.15, -0.1) is 0 Å². The summed E-state index contributed by atoms with van der Waals surface area (Å²) in [5.74, 6) is -1.41. The third-order valence-corrected chi connectivity index (χ3v) is 2.27.